The lowest BCUT2D eigenvalue weighted by Crippen LogP contribution is -2.40. The van der Waals surface area contributed by atoms with Crippen molar-refractivity contribution >= 4 is 11.6 Å². The van der Waals surface area contributed by atoms with Crippen LogP contribution in [0.5, 0.6) is 0 Å². The minimum Gasteiger partial charge on any atom is -0.384 e. The maximum atomic E-state index is 12.7. The number of nitrogens with one attached hydrogen (secondary N) is 1. The largest absolute Gasteiger partial charge is 0.384 e. The molecule has 2 aromatic heterocycles. The van der Waals surface area contributed by atoms with E-state index in [1.807, 2.05) is 53.6 Å². The average molecular weight is 450 g/mol. The first kappa shape index (κ1) is 20.5. The molecule has 2 unspecified atom stereocenters. The molecule has 0 bridgehead atoms. The van der Waals surface area contributed by atoms with Crippen LogP contribution in [-0.4, -0.2) is 57.8 Å². The summed E-state index contributed by atoms with van der Waals surface area (Å²) in [4.78, 5) is 19.0. The molecule has 0 radical (unpaired) electrons. The molecule has 0 spiro atoms. The van der Waals surface area contributed by atoms with Crippen molar-refractivity contribution in [2.24, 2.45) is 5.92 Å². The van der Waals surface area contributed by atoms with Crippen molar-refractivity contribution in [2.75, 3.05) is 26.3 Å². The highest BCUT2D eigenvalue weighted by atomic mass is 16.5. The fourth-order valence-corrected chi connectivity index (χ4v) is 4.46. The zero-order chi connectivity index (χ0) is 22.9. The second-order valence-corrected chi connectivity index (χ2v) is 8.45. The Balaban J connectivity index is 1.26. The molecule has 1 aliphatic carbocycles. The molecule has 3 aromatic rings. The summed E-state index contributed by atoms with van der Waals surface area (Å²) in [5.41, 5.74) is 4.94. The van der Waals surface area contributed by atoms with Crippen LogP contribution in [0.1, 0.15) is 16.1 Å². The SMILES string of the molecule is O=C(c1ccc(-c2ccc3ncc(C#CC4=CC=CC5NC=CC45)n3n2)cc1)N1CCOCC1. The Morgan fingerprint density at radius 2 is 1.91 bits per heavy atom. The van der Waals surface area contributed by atoms with Crippen molar-refractivity contribution in [3.05, 3.63) is 89.9 Å². The third-order valence-electron chi connectivity index (χ3n) is 6.36. The van der Waals surface area contributed by atoms with E-state index in [1.165, 1.54) is 0 Å². The van der Waals surface area contributed by atoms with Gasteiger partial charge < -0.3 is 15.0 Å². The predicted molar refractivity (Wildman–Crippen MR) is 129 cm³/mol. The summed E-state index contributed by atoms with van der Waals surface area (Å²) >= 11 is 0. The van der Waals surface area contributed by atoms with E-state index in [2.05, 4.69) is 40.4 Å². The lowest BCUT2D eigenvalue weighted by atomic mass is 9.89. The molecule has 2 atom stereocenters. The number of morpholine rings is 1. The van der Waals surface area contributed by atoms with Gasteiger partial charge in [0, 0.05) is 35.7 Å². The second-order valence-electron chi connectivity index (χ2n) is 8.45. The van der Waals surface area contributed by atoms with Crippen molar-refractivity contribution < 1.29 is 9.53 Å². The molecule has 1 amide bonds. The molecule has 6 rings (SSSR count). The van der Waals surface area contributed by atoms with Gasteiger partial charge in [-0.1, -0.05) is 42.4 Å². The third kappa shape index (κ3) is 3.78. The van der Waals surface area contributed by atoms with Crippen molar-refractivity contribution in [1.82, 2.24) is 24.8 Å². The minimum absolute atomic E-state index is 0.0341. The number of allylic oxidation sites excluding steroid dienone is 2. The van der Waals surface area contributed by atoms with Crippen molar-refractivity contribution in [3.8, 4) is 23.1 Å². The Hall–Kier alpha value is -4.15. The first-order chi connectivity index (χ1) is 16.8. The van der Waals surface area contributed by atoms with E-state index in [0.29, 0.717) is 31.9 Å². The van der Waals surface area contributed by atoms with Crippen LogP contribution in [0.2, 0.25) is 0 Å². The van der Waals surface area contributed by atoms with Gasteiger partial charge in [-0.05, 0) is 36.4 Å². The number of imidazole rings is 1. The predicted octanol–water partition coefficient (Wildman–Crippen LogP) is 2.82. The summed E-state index contributed by atoms with van der Waals surface area (Å²) in [5.74, 6) is 6.86. The lowest BCUT2D eigenvalue weighted by Gasteiger charge is -2.26. The summed E-state index contributed by atoms with van der Waals surface area (Å²) in [6.45, 7) is 2.44. The normalized spacial score (nSPS) is 20.9. The van der Waals surface area contributed by atoms with E-state index in [1.54, 1.807) is 10.7 Å². The molecular formula is C27H23N5O2. The fraction of sp³-hybridized carbons (Fsp3) is 0.222. The van der Waals surface area contributed by atoms with Crippen LogP contribution in [0.25, 0.3) is 16.9 Å². The number of amides is 1. The first-order valence-electron chi connectivity index (χ1n) is 11.4. The number of hydrogen-bond donors (Lipinski definition) is 1. The van der Waals surface area contributed by atoms with Crippen LogP contribution in [0.15, 0.2) is 78.7 Å². The third-order valence-corrected chi connectivity index (χ3v) is 6.36. The Bertz CT molecular complexity index is 1400. The number of carbonyl (C=O) groups excluding carboxylic acids is 1. The molecule has 2 aliphatic heterocycles. The van der Waals surface area contributed by atoms with Crippen LogP contribution in [0, 0.1) is 17.8 Å². The van der Waals surface area contributed by atoms with E-state index >= 15 is 0 Å². The number of nitrogens with zero attached hydrogens (tertiary/aromatic N) is 4. The lowest BCUT2D eigenvalue weighted by molar-refractivity contribution is 0.0303. The quantitative estimate of drug-likeness (QED) is 0.610. The molecule has 0 saturated carbocycles. The average Bonchev–Trinajstić information content (AvgIpc) is 3.55. The van der Waals surface area contributed by atoms with E-state index in [4.69, 9.17) is 9.84 Å². The monoisotopic (exact) mass is 449 g/mol. The van der Waals surface area contributed by atoms with Gasteiger partial charge in [0.05, 0.1) is 31.1 Å². The van der Waals surface area contributed by atoms with Gasteiger partial charge in [-0.3, -0.25) is 4.79 Å². The Kier molecular flexibility index (Phi) is 5.21. The highest BCUT2D eigenvalue weighted by Gasteiger charge is 2.24. The van der Waals surface area contributed by atoms with Crippen LogP contribution in [0.3, 0.4) is 0 Å². The van der Waals surface area contributed by atoms with E-state index < -0.39 is 0 Å². The standard InChI is InChI=1S/C27H23N5O2/c33-27(31-14-16-34-17-15-31)21-6-4-20(5-7-21)24-10-11-26-29-18-22(32(26)30-24)9-8-19-2-1-3-25-23(19)12-13-28-25/h1-7,10-13,18,23,25,28H,14-17H2. The van der Waals surface area contributed by atoms with Gasteiger partial charge in [0.25, 0.3) is 5.91 Å². The molecule has 7 heteroatoms. The van der Waals surface area contributed by atoms with Gasteiger partial charge in [0.15, 0.2) is 5.65 Å². The number of benzene rings is 1. The summed E-state index contributed by atoms with van der Waals surface area (Å²) in [7, 11) is 0. The van der Waals surface area contributed by atoms with Gasteiger partial charge >= 0.3 is 0 Å². The van der Waals surface area contributed by atoms with Crippen LogP contribution in [0.4, 0.5) is 0 Å². The summed E-state index contributed by atoms with van der Waals surface area (Å²) in [6, 6.07) is 11.7. The van der Waals surface area contributed by atoms with Crippen molar-refractivity contribution in [1.29, 1.82) is 0 Å². The number of fused-ring (bicyclic) bond motifs is 2. The van der Waals surface area contributed by atoms with Gasteiger partial charge in [-0.15, -0.1) is 0 Å². The minimum atomic E-state index is 0.0341. The molecule has 34 heavy (non-hydrogen) atoms. The molecule has 1 fully saturated rings. The van der Waals surface area contributed by atoms with Crippen molar-refractivity contribution in [3.63, 3.8) is 0 Å². The highest BCUT2D eigenvalue weighted by molar-refractivity contribution is 5.94. The van der Waals surface area contributed by atoms with Gasteiger partial charge in [0.1, 0.15) is 5.69 Å². The molecular weight excluding hydrogens is 426 g/mol. The van der Waals surface area contributed by atoms with Gasteiger partial charge in [-0.2, -0.15) is 5.10 Å². The van der Waals surface area contributed by atoms with Gasteiger partial charge in [0.2, 0.25) is 0 Å². The molecule has 1 N–H and O–H groups in total. The van der Waals surface area contributed by atoms with Crippen LogP contribution in [-0.2, 0) is 4.74 Å². The Morgan fingerprint density at radius 3 is 2.76 bits per heavy atom. The smallest absolute Gasteiger partial charge is 0.254 e. The molecule has 4 heterocycles. The second kappa shape index (κ2) is 8.65. The zero-order valence-electron chi connectivity index (χ0n) is 18.5. The molecule has 168 valence electrons. The summed E-state index contributed by atoms with van der Waals surface area (Å²) in [6.07, 6.45) is 12.1. The number of hydrogen-bond acceptors (Lipinski definition) is 5. The van der Waals surface area contributed by atoms with Gasteiger partial charge in [-0.25, -0.2) is 9.50 Å². The van der Waals surface area contributed by atoms with E-state index in [9.17, 15) is 4.79 Å². The van der Waals surface area contributed by atoms with E-state index in [0.717, 1.165) is 28.2 Å². The Labute approximate surface area is 197 Å². The van der Waals surface area contributed by atoms with E-state index in [-0.39, 0.29) is 17.9 Å². The summed E-state index contributed by atoms with van der Waals surface area (Å²) in [5, 5.41) is 8.11. The molecule has 7 nitrogen and oxygen atoms in total. The maximum absolute atomic E-state index is 12.7. The fourth-order valence-electron chi connectivity index (χ4n) is 4.46. The summed E-state index contributed by atoms with van der Waals surface area (Å²) < 4.78 is 7.11. The Morgan fingerprint density at radius 1 is 1.06 bits per heavy atom. The number of rotatable bonds is 2. The molecule has 1 saturated heterocycles. The van der Waals surface area contributed by atoms with Crippen molar-refractivity contribution in [2.45, 2.75) is 6.04 Å². The maximum Gasteiger partial charge on any atom is 0.254 e. The number of carbonyl (C=O) groups is 1. The molecule has 1 aromatic carbocycles. The van der Waals surface area contributed by atoms with Crippen LogP contribution >= 0.6 is 0 Å². The topological polar surface area (TPSA) is 71.8 Å². The van der Waals surface area contributed by atoms with Crippen LogP contribution < -0.4 is 5.32 Å². The highest BCUT2D eigenvalue weighted by Crippen LogP contribution is 2.25. The molecule has 3 aliphatic rings. The zero-order valence-corrected chi connectivity index (χ0v) is 18.5. The number of ether oxygens (including phenoxy) is 1. The first-order valence-corrected chi connectivity index (χ1v) is 11.4. The number of aromatic nitrogens is 3.